The van der Waals surface area contributed by atoms with Gasteiger partial charge in [-0.25, -0.2) is 14.2 Å². The van der Waals surface area contributed by atoms with Crippen molar-refractivity contribution in [1.29, 1.82) is 0 Å². The summed E-state index contributed by atoms with van der Waals surface area (Å²) in [5.74, 6) is -2.74. The molecule has 0 saturated heterocycles. The van der Waals surface area contributed by atoms with Gasteiger partial charge in [0.05, 0.1) is 18.8 Å². The predicted molar refractivity (Wildman–Crippen MR) is 62.0 cm³/mol. The van der Waals surface area contributed by atoms with E-state index in [1.807, 2.05) is 0 Å². The van der Waals surface area contributed by atoms with Crippen molar-refractivity contribution < 1.29 is 24.5 Å². The summed E-state index contributed by atoms with van der Waals surface area (Å²) in [6.07, 6.45) is 1.46. The maximum Gasteiger partial charge on any atom is 0.338 e. The molecule has 7 heteroatoms. The van der Waals surface area contributed by atoms with Crippen molar-refractivity contribution in [1.82, 2.24) is 4.98 Å². The lowest BCUT2D eigenvalue weighted by Gasteiger charge is -2.30. The topological polar surface area (TPSA) is 103 Å². The Bertz CT molecular complexity index is 427. The zero-order valence-electron chi connectivity index (χ0n) is 9.85. The molecule has 1 heterocycles. The normalized spacial score (nSPS) is 11.3. The van der Waals surface area contributed by atoms with Gasteiger partial charge < -0.3 is 20.6 Å². The van der Waals surface area contributed by atoms with Crippen LogP contribution < -0.4 is 5.32 Å². The van der Waals surface area contributed by atoms with Crippen molar-refractivity contribution in [3.8, 4) is 0 Å². The first-order valence-corrected chi connectivity index (χ1v) is 5.37. The number of rotatable bonds is 6. The second-order valence-electron chi connectivity index (χ2n) is 3.90. The minimum absolute atomic E-state index is 0.306. The largest absolute Gasteiger partial charge is 0.478 e. The fourth-order valence-electron chi connectivity index (χ4n) is 1.39. The molecule has 0 fully saturated rings. The maximum atomic E-state index is 13.8. The number of aliphatic hydroxyl groups is 2. The van der Waals surface area contributed by atoms with Gasteiger partial charge in [-0.05, 0) is 12.5 Å². The predicted octanol–water partition coefficient (Wildman–Crippen LogP) is 0.464. The van der Waals surface area contributed by atoms with Crippen LogP contribution in [-0.4, -0.2) is 45.0 Å². The number of aromatic nitrogens is 1. The van der Waals surface area contributed by atoms with E-state index in [9.17, 15) is 19.4 Å². The second kappa shape index (κ2) is 5.74. The third-order valence-corrected chi connectivity index (χ3v) is 2.79. The molecular formula is C11H15FN2O4. The van der Waals surface area contributed by atoms with Crippen molar-refractivity contribution in [2.24, 2.45) is 0 Å². The molecule has 100 valence electrons. The Balaban J connectivity index is 3.11. The molecule has 0 bridgehead atoms. The molecule has 0 aliphatic heterocycles. The van der Waals surface area contributed by atoms with Crippen molar-refractivity contribution in [2.45, 2.75) is 18.9 Å². The molecule has 0 aliphatic carbocycles. The molecule has 6 nitrogen and oxygen atoms in total. The summed E-state index contributed by atoms with van der Waals surface area (Å²) in [6, 6.07) is 1.04. The van der Waals surface area contributed by atoms with Gasteiger partial charge in [-0.3, -0.25) is 0 Å². The van der Waals surface area contributed by atoms with Gasteiger partial charge in [0, 0.05) is 6.20 Å². The van der Waals surface area contributed by atoms with Gasteiger partial charge in [-0.2, -0.15) is 0 Å². The summed E-state index contributed by atoms with van der Waals surface area (Å²) in [4.78, 5) is 14.4. The fraction of sp³-hybridized carbons (Fsp3) is 0.455. The smallest absolute Gasteiger partial charge is 0.338 e. The summed E-state index contributed by atoms with van der Waals surface area (Å²) in [7, 11) is 0. The number of nitrogens with one attached hydrogen (secondary N) is 1. The van der Waals surface area contributed by atoms with Crippen molar-refractivity contribution in [3.63, 3.8) is 0 Å². The molecule has 1 aromatic rings. The zero-order chi connectivity index (χ0) is 13.8. The lowest BCUT2D eigenvalue weighted by Crippen LogP contribution is -2.45. The third-order valence-electron chi connectivity index (χ3n) is 2.79. The van der Waals surface area contributed by atoms with Crippen LogP contribution in [0, 0.1) is 5.82 Å². The molecule has 0 aliphatic rings. The van der Waals surface area contributed by atoms with E-state index in [0.29, 0.717) is 6.42 Å². The molecule has 0 radical (unpaired) electrons. The Labute approximate surface area is 103 Å². The van der Waals surface area contributed by atoms with E-state index in [2.05, 4.69) is 10.3 Å². The number of carbonyl (C=O) groups is 1. The van der Waals surface area contributed by atoms with Gasteiger partial charge >= 0.3 is 5.97 Å². The quantitative estimate of drug-likeness (QED) is 0.591. The minimum atomic E-state index is -1.41. The van der Waals surface area contributed by atoms with Crippen LogP contribution in [0.1, 0.15) is 23.7 Å². The molecule has 0 saturated carbocycles. The van der Waals surface area contributed by atoms with Crippen LogP contribution in [0.4, 0.5) is 10.2 Å². The van der Waals surface area contributed by atoms with E-state index in [1.165, 1.54) is 0 Å². The molecule has 0 unspecified atom stereocenters. The average Bonchev–Trinajstić information content (AvgIpc) is 2.38. The molecule has 1 aromatic heterocycles. The number of hydrogen-bond donors (Lipinski definition) is 4. The first-order chi connectivity index (χ1) is 8.49. The van der Waals surface area contributed by atoms with E-state index in [-0.39, 0.29) is 5.82 Å². The van der Waals surface area contributed by atoms with Crippen molar-refractivity contribution in [2.75, 3.05) is 18.5 Å². The molecule has 0 atom stereocenters. The molecular weight excluding hydrogens is 243 g/mol. The number of hydrogen-bond acceptors (Lipinski definition) is 5. The van der Waals surface area contributed by atoms with E-state index in [4.69, 9.17) is 5.11 Å². The van der Waals surface area contributed by atoms with Gasteiger partial charge in [0.15, 0.2) is 11.6 Å². The van der Waals surface area contributed by atoms with E-state index >= 15 is 0 Å². The van der Waals surface area contributed by atoms with Crippen LogP contribution >= 0.6 is 0 Å². The van der Waals surface area contributed by atoms with Crippen LogP contribution in [-0.2, 0) is 0 Å². The summed E-state index contributed by atoms with van der Waals surface area (Å²) in [5, 5.41) is 29.8. The SMILES string of the molecule is CCC(CO)(CO)Nc1nccc(C(=O)O)c1F. The van der Waals surface area contributed by atoms with Gasteiger partial charge in [-0.1, -0.05) is 6.92 Å². The second-order valence-corrected chi connectivity index (χ2v) is 3.90. The Morgan fingerprint density at radius 3 is 2.56 bits per heavy atom. The van der Waals surface area contributed by atoms with Crippen LogP contribution in [0.3, 0.4) is 0 Å². The van der Waals surface area contributed by atoms with Crippen LogP contribution in [0.25, 0.3) is 0 Å². The highest BCUT2D eigenvalue weighted by Crippen LogP contribution is 2.21. The van der Waals surface area contributed by atoms with Crippen LogP contribution in [0.5, 0.6) is 0 Å². The summed E-state index contributed by atoms with van der Waals surface area (Å²) < 4.78 is 13.8. The Morgan fingerprint density at radius 1 is 1.50 bits per heavy atom. The maximum absolute atomic E-state index is 13.8. The van der Waals surface area contributed by atoms with E-state index < -0.39 is 36.1 Å². The highest BCUT2D eigenvalue weighted by Gasteiger charge is 2.29. The third kappa shape index (κ3) is 2.74. The molecule has 0 aromatic carbocycles. The number of nitrogens with zero attached hydrogens (tertiary/aromatic N) is 1. The number of carboxylic acid groups (broad SMARTS) is 1. The Hall–Kier alpha value is -1.73. The first-order valence-electron chi connectivity index (χ1n) is 5.37. The summed E-state index contributed by atoms with van der Waals surface area (Å²) in [5.41, 5.74) is -1.65. The average molecular weight is 258 g/mol. The molecule has 1 rings (SSSR count). The van der Waals surface area contributed by atoms with Crippen molar-refractivity contribution in [3.05, 3.63) is 23.6 Å². The van der Waals surface area contributed by atoms with E-state index in [0.717, 1.165) is 12.3 Å². The molecule has 0 amide bonds. The highest BCUT2D eigenvalue weighted by atomic mass is 19.1. The number of aliphatic hydroxyl groups excluding tert-OH is 2. The number of aromatic carboxylic acids is 1. The first kappa shape index (κ1) is 14.3. The highest BCUT2D eigenvalue weighted by molar-refractivity contribution is 5.88. The lowest BCUT2D eigenvalue weighted by atomic mass is 9.98. The lowest BCUT2D eigenvalue weighted by molar-refractivity contribution is 0.0691. The number of pyridine rings is 1. The van der Waals surface area contributed by atoms with Crippen molar-refractivity contribution >= 4 is 11.8 Å². The summed E-state index contributed by atoms with van der Waals surface area (Å²) >= 11 is 0. The van der Waals surface area contributed by atoms with Gasteiger partial charge in [0.25, 0.3) is 0 Å². The summed E-state index contributed by atoms with van der Waals surface area (Å²) in [6.45, 7) is 0.829. The Kier molecular flexibility index (Phi) is 4.57. The fourth-order valence-corrected chi connectivity index (χ4v) is 1.39. The van der Waals surface area contributed by atoms with E-state index in [1.54, 1.807) is 6.92 Å². The van der Waals surface area contributed by atoms with Gasteiger partial charge in [-0.15, -0.1) is 0 Å². The van der Waals surface area contributed by atoms with Gasteiger partial charge in [0.1, 0.15) is 5.56 Å². The van der Waals surface area contributed by atoms with Crippen LogP contribution in [0.2, 0.25) is 0 Å². The molecule has 4 N–H and O–H groups in total. The molecule has 0 spiro atoms. The zero-order valence-corrected chi connectivity index (χ0v) is 9.85. The Morgan fingerprint density at radius 2 is 2.11 bits per heavy atom. The minimum Gasteiger partial charge on any atom is -0.478 e. The number of anilines is 1. The van der Waals surface area contributed by atoms with Gasteiger partial charge in [0.2, 0.25) is 0 Å². The van der Waals surface area contributed by atoms with Crippen LogP contribution in [0.15, 0.2) is 12.3 Å². The molecule has 18 heavy (non-hydrogen) atoms. The monoisotopic (exact) mass is 258 g/mol. The standard InChI is InChI=1S/C11H15FN2O4/c1-2-11(5-15,6-16)14-9-8(12)7(10(17)18)3-4-13-9/h3-4,15-16H,2,5-6H2,1H3,(H,13,14)(H,17,18). The number of halogens is 1. The number of carboxylic acids is 1.